The topological polar surface area (TPSA) is 46.8 Å². The van der Waals surface area contributed by atoms with Gasteiger partial charge in [0.15, 0.2) is 5.82 Å². The number of allylic oxidation sites excluding steroid dienone is 2. The summed E-state index contributed by atoms with van der Waals surface area (Å²) in [4.78, 5) is 2.65. The highest BCUT2D eigenvalue weighted by molar-refractivity contribution is 8.07. The molecule has 2 saturated heterocycles. The van der Waals surface area contributed by atoms with Gasteiger partial charge in [-0.1, -0.05) is 36.4 Å². The maximum absolute atomic E-state index is 4.66. The lowest BCUT2D eigenvalue weighted by Gasteiger charge is -2.34. The maximum atomic E-state index is 4.66. The van der Waals surface area contributed by atoms with Crippen molar-refractivity contribution in [3.8, 4) is 5.69 Å². The molecule has 0 spiro atoms. The summed E-state index contributed by atoms with van der Waals surface area (Å²) in [5.41, 5.74) is 6.38. The Morgan fingerprint density at radius 2 is 2.00 bits per heavy atom. The molecule has 2 fully saturated rings. The molecular weight excluding hydrogens is 414 g/mol. The summed E-state index contributed by atoms with van der Waals surface area (Å²) in [5.74, 6) is 1.59. The lowest BCUT2D eigenvalue weighted by atomic mass is 9.84. The molecule has 3 aliphatic rings. The molecule has 1 aliphatic carbocycles. The Morgan fingerprint density at radius 3 is 2.69 bits per heavy atom. The third-order valence-corrected chi connectivity index (χ3v) is 9.18. The van der Waals surface area contributed by atoms with E-state index in [2.05, 4.69) is 90.7 Å². The average molecular weight is 450 g/mol. The number of thioether (sulfide) groups is 1. The Hall–Kier alpha value is -1.92. The molecule has 0 radical (unpaired) electrons. The van der Waals surface area contributed by atoms with Gasteiger partial charge in [-0.05, 0) is 99.4 Å². The quantitative estimate of drug-likeness (QED) is 0.440. The third-order valence-electron chi connectivity index (χ3n) is 7.68. The van der Waals surface area contributed by atoms with Crippen LogP contribution in [0.4, 0.5) is 0 Å². The Kier molecular flexibility index (Phi) is 6.01. The van der Waals surface area contributed by atoms with Crippen LogP contribution >= 0.6 is 11.8 Å². The van der Waals surface area contributed by atoms with E-state index in [-0.39, 0.29) is 6.04 Å². The number of hydrogen-bond donors (Lipinski definition) is 0. The highest BCUT2D eigenvalue weighted by atomic mass is 32.2. The fourth-order valence-corrected chi connectivity index (χ4v) is 7.24. The van der Waals surface area contributed by atoms with E-state index < -0.39 is 0 Å². The number of tetrazole rings is 1. The highest BCUT2D eigenvalue weighted by Crippen LogP contribution is 2.54. The van der Waals surface area contributed by atoms with Gasteiger partial charge in [-0.3, -0.25) is 4.90 Å². The van der Waals surface area contributed by atoms with E-state index in [0.29, 0.717) is 12.0 Å². The van der Waals surface area contributed by atoms with Crippen molar-refractivity contribution >= 4 is 11.8 Å². The Bertz CT molecular complexity index is 1020. The zero-order chi connectivity index (χ0) is 22.4. The maximum Gasteiger partial charge on any atom is 0.178 e. The number of aromatic nitrogens is 4. The largest absolute Gasteiger partial charge is 0.287 e. The molecule has 0 bridgehead atoms. The first-order chi connectivity index (χ1) is 15.5. The molecule has 32 heavy (non-hydrogen) atoms. The molecule has 5 nitrogen and oxygen atoms in total. The van der Waals surface area contributed by atoms with E-state index >= 15 is 0 Å². The first-order valence-corrected chi connectivity index (χ1v) is 13.0. The van der Waals surface area contributed by atoms with E-state index in [1.54, 1.807) is 0 Å². The second-order valence-corrected chi connectivity index (χ2v) is 11.4. The monoisotopic (exact) mass is 449 g/mol. The van der Waals surface area contributed by atoms with E-state index in [9.17, 15) is 0 Å². The Balaban J connectivity index is 1.57. The number of nitrogens with zero attached hydrogens (tertiary/aromatic N) is 5. The predicted molar refractivity (Wildman–Crippen MR) is 132 cm³/mol. The summed E-state index contributed by atoms with van der Waals surface area (Å²) in [6, 6.07) is 7.08. The molecule has 0 amide bonds. The smallest absolute Gasteiger partial charge is 0.178 e. The fourth-order valence-electron chi connectivity index (χ4n) is 5.86. The normalized spacial score (nSPS) is 30.7. The first-order valence-electron chi connectivity index (χ1n) is 12.1. The molecule has 5 rings (SSSR count). The summed E-state index contributed by atoms with van der Waals surface area (Å²) in [6.45, 7) is 14.3. The zero-order valence-electron chi connectivity index (χ0n) is 19.8. The van der Waals surface area contributed by atoms with Crippen molar-refractivity contribution in [3.63, 3.8) is 0 Å². The van der Waals surface area contributed by atoms with Gasteiger partial charge in [0.2, 0.25) is 0 Å². The molecule has 6 heteroatoms. The van der Waals surface area contributed by atoms with Gasteiger partial charge in [0.05, 0.1) is 11.7 Å². The molecule has 2 aliphatic heterocycles. The molecule has 1 aromatic carbocycles. The van der Waals surface area contributed by atoms with Crippen molar-refractivity contribution in [1.29, 1.82) is 0 Å². The minimum atomic E-state index is 0.132. The number of fused-ring (bicyclic) bond motifs is 1. The zero-order valence-corrected chi connectivity index (χ0v) is 20.6. The van der Waals surface area contributed by atoms with E-state index in [1.165, 1.54) is 41.5 Å². The lowest BCUT2D eigenvalue weighted by Crippen LogP contribution is -2.35. The molecule has 3 heterocycles. The van der Waals surface area contributed by atoms with Crippen LogP contribution in [-0.2, 0) is 0 Å². The number of para-hydroxylation sites is 1. The van der Waals surface area contributed by atoms with Crippen LogP contribution in [0.1, 0.15) is 68.9 Å². The highest BCUT2D eigenvalue weighted by Gasteiger charge is 2.45. The second-order valence-electron chi connectivity index (χ2n) is 9.97. The Labute approximate surface area is 196 Å². The number of likely N-dealkylation sites (tertiary alicyclic amines) is 1. The van der Waals surface area contributed by atoms with Crippen molar-refractivity contribution < 1.29 is 0 Å². The van der Waals surface area contributed by atoms with E-state index in [4.69, 9.17) is 0 Å². The summed E-state index contributed by atoms with van der Waals surface area (Å²) in [7, 11) is 0. The van der Waals surface area contributed by atoms with Gasteiger partial charge in [0.25, 0.3) is 0 Å². The van der Waals surface area contributed by atoms with Crippen LogP contribution in [0.3, 0.4) is 0 Å². The molecule has 5 unspecified atom stereocenters. The van der Waals surface area contributed by atoms with Crippen LogP contribution in [0, 0.1) is 19.8 Å². The van der Waals surface area contributed by atoms with Gasteiger partial charge in [-0.2, -0.15) is 16.4 Å². The minimum absolute atomic E-state index is 0.132. The van der Waals surface area contributed by atoms with Crippen molar-refractivity contribution in [2.24, 2.45) is 5.92 Å². The van der Waals surface area contributed by atoms with Gasteiger partial charge >= 0.3 is 0 Å². The average Bonchev–Trinajstić information content (AvgIpc) is 3.11. The number of aryl methyl sites for hydroxylation is 2. The summed E-state index contributed by atoms with van der Waals surface area (Å²) in [5, 5.41) is 14.9. The molecule has 0 N–H and O–H groups in total. The molecule has 1 aromatic heterocycles. The van der Waals surface area contributed by atoms with Gasteiger partial charge in [-0.25, -0.2) is 0 Å². The molecule has 2 aromatic rings. The number of hydrogen-bond acceptors (Lipinski definition) is 5. The predicted octanol–water partition coefficient (Wildman–Crippen LogP) is 5.59. The number of benzene rings is 1. The third kappa shape index (κ3) is 3.96. The number of rotatable bonds is 5. The first kappa shape index (κ1) is 21.9. The second kappa shape index (κ2) is 8.79. The Morgan fingerprint density at radius 1 is 1.22 bits per heavy atom. The van der Waals surface area contributed by atoms with Gasteiger partial charge < -0.3 is 0 Å². The van der Waals surface area contributed by atoms with Crippen molar-refractivity contribution in [2.45, 2.75) is 82.4 Å². The fraction of sp³-hybridized carbons (Fsp3) is 0.577. The van der Waals surface area contributed by atoms with Crippen LogP contribution in [-0.4, -0.2) is 48.2 Å². The summed E-state index contributed by atoms with van der Waals surface area (Å²) < 4.78 is 2.02. The summed E-state index contributed by atoms with van der Waals surface area (Å²) in [6.07, 6.45) is 8.44. The van der Waals surface area contributed by atoms with Crippen molar-refractivity contribution in [3.05, 3.63) is 59.0 Å². The summed E-state index contributed by atoms with van der Waals surface area (Å²) >= 11 is 2.15. The molecule has 5 atom stereocenters. The van der Waals surface area contributed by atoms with Gasteiger partial charge in [-0.15, -0.1) is 5.10 Å². The lowest BCUT2D eigenvalue weighted by molar-refractivity contribution is 0.201. The van der Waals surface area contributed by atoms with Crippen LogP contribution < -0.4 is 0 Å². The van der Waals surface area contributed by atoms with Crippen molar-refractivity contribution in [2.75, 3.05) is 6.54 Å². The minimum Gasteiger partial charge on any atom is -0.287 e. The van der Waals surface area contributed by atoms with Crippen LogP contribution in [0.25, 0.3) is 5.69 Å². The van der Waals surface area contributed by atoms with Gasteiger partial charge in [0, 0.05) is 16.5 Å². The molecular formula is C26H35N5S. The molecule has 170 valence electrons. The van der Waals surface area contributed by atoms with Crippen molar-refractivity contribution in [1.82, 2.24) is 25.1 Å². The van der Waals surface area contributed by atoms with Gasteiger partial charge in [0.1, 0.15) is 0 Å². The molecule has 0 saturated carbocycles. The van der Waals surface area contributed by atoms with Crippen LogP contribution in [0.5, 0.6) is 0 Å². The SMILES string of the molecule is C=C(C)C1CC/C(C(c2nnnn2-c2c(C)cccc2C)N2CCCC2C)=C\CC2SC21. The van der Waals surface area contributed by atoms with E-state index in [1.807, 2.05) is 4.68 Å². The van der Waals surface area contributed by atoms with Crippen LogP contribution in [0.2, 0.25) is 0 Å². The standard InChI is InChI=1S/C26H35N5S/c1-16(2)21-13-11-20(12-14-22-25(21)32-22)24(30-15-7-10-19(30)5)26-27-28-29-31(26)23-17(3)8-6-9-18(23)4/h6,8-9,12,19,21-22,24-25H,1,7,10-11,13-15H2,2-5H3/b20-12+. The van der Waals surface area contributed by atoms with Crippen LogP contribution in [0.15, 0.2) is 42.0 Å². The van der Waals surface area contributed by atoms with E-state index in [0.717, 1.165) is 41.4 Å².